The molecule has 112 valence electrons. The molecule has 0 aromatic heterocycles. The van der Waals surface area contributed by atoms with Gasteiger partial charge < -0.3 is 10.4 Å². The highest BCUT2D eigenvalue weighted by Gasteiger charge is 2.13. The van der Waals surface area contributed by atoms with Crippen molar-refractivity contribution in [2.24, 2.45) is 0 Å². The van der Waals surface area contributed by atoms with Gasteiger partial charge in [-0.1, -0.05) is 48.5 Å². The molecule has 0 saturated carbocycles. The molecule has 2 aromatic carbocycles. The number of hydrogen-bond acceptors (Lipinski definition) is 2. The minimum absolute atomic E-state index is 0.0732. The van der Waals surface area contributed by atoms with Crippen molar-refractivity contribution in [3.63, 3.8) is 0 Å². The van der Waals surface area contributed by atoms with E-state index in [1.54, 1.807) is 0 Å². The van der Waals surface area contributed by atoms with Crippen LogP contribution in [0.2, 0.25) is 0 Å². The van der Waals surface area contributed by atoms with E-state index in [-0.39, 0.29) is 18.7 Å². The fourth-order valence-corrected chi connectivity index (χ4v) is 2.56. The largest absolute Gasteiger partial charge is 0.395 e. The lowest BCUT2D eigenvalue weighted by molar-refractivity contribution is 0.232. The maximum atomic E-state index is 9.62. The first-order chi connectivity index (χ1) is 10.1. The van der Waals surface area contributed by atoms with Gasteiger partial charge in [-0.3, -0.25) is 0 Å². The van der Waals surface area contributed by atoms with Crippen LogP contribution in [0, 0.1) is 13.8 Å². The van der Waals surface area contributed by atoms with Gasteiger partial charge in [-0.25, -0.2) is 0 Å². The fraction of sp³-hybridized carbons (Fsp3) is 0.368. The van der Waals surface area contributed by atoms with Gasteiger partial charge in [0.05, 0.1) is 6.61 Å². The molecule has 0 aliphatic rings. The van der Waals surface area contributed by atoms with E-state index >= 15 is 0 Å². The highest BCUT2D eigenvalue weighted by atomic mass is 16.3. The normalized spacial score (nSPS) is 13.9. The third-order valence-electron chi connectivity index (χ3n) is 4.06. The molecule has 2 rings (SSSR count). The zero-order valence-corrected chi connectivity index (χ0v) is 13.1. The van der Waals surface area contributed by atoms with E-state index in [0.717, 1.165) is 6.42 Å². The molecule has 0 heterocycles. The first-order valence-corrected chi connectivity index (χ1v) is 7.58. The van der Waals surface area contributed by atoms with Crippen LogP contribution >= 0.6 is 0 Å². The van der Waals surface area contributed by atoms with Crippen molar-refractivity contribution in [3.8, 4) is 0 Å². The third-order valence-corrected chi connectivity index (χ3v) is 4.06. The summed E-state index contributed by atoms with van der Waals surface area (Å²) in [6.45, 7) is 6.56. The zero-order valence-electron chi connectivity index (χ0n) is 13.1. The van der Waals surface area contributed by atoms with Crippen LogP contribution in [-0.4, -0.2) is 17.8 Å². The highest BCUT2D eigenvalue weighted by Crippen LogP contribution is 2.18. The lowest BCUT2D eigenvalue weighted by atomic mass is 10.00. The number of benzene rings is 2. The number of aryl methyl sites for hydroxylation is 2. The van der Waals surface area contributed by atoms with Gasteiger partial charge in [0.25, 0.3) is 0 Å². The molecular formula is C19H25NO. The van der Waals surface area contributed by atoms with Crippen molar-refractivity contribution in [2.45, 2.75) is 39.3 Å². The molecule has 2 aromatic rings. The lowest BCUT2D eigenvalue weighted by Crippen LogP contribution is -2.36. The maximum Gasteiger partial charge on any atom is 0.0588 e. The first-order valence-electron chi connectivity index (χ1n) is 7.58. The van der Waals surface area contributed by atoms with Crippen LogP contribution in [-0.2, 0) is 6.42 Å². The molecule has 0 bridgehead atoms. The minimum atomic E-state index is 0.0732. The molecular weight excluding hydrogens is 258 g/mol. The molecule has 0 spiro atoms. The maximum absolute atomic E-state index is 9.62. The van der Waals surface area contributed by atoms with E-state index in [0.29, 0.717) is 0 Å². The Morgan fingerprint density at radius 2 is 1.71 bits per heavy atom. The van der Waals surface area contributed by atoms with Crippen LogP contribution in [0.15, 0.2) is 48.5 Å². The smallest absolute Gasteiger partial charge is 0.0588 e. The minimum Gasteiger partial charge on any atom is -0.395 e. The van der Waals surface area contributed by atoms with E-state index in [2.05, 4.69) is 56.4 Å². The summed E-state index contributed by atoms with van der Waals surface area (Å²) in [5, 5.41) is 13.1. The van der Waals surface area contributed by atoms with Gasteiger partial charge in [0.2, 0.25) is 0 Å². The van der Waals surface area contributed by atoms with Crippen LogP contribution in [0.3, 0.4) is 0 Å². The first kappa shape index (κ1) is 15.7. The van der Waals surface area contributed by atoms with Gasteiger partial charge in [0.1, 0.15) is 0 Å². The second-order valence-electron chi connectivity index (χ2n) is 5.80. The van der Waals surface area contributed by atoms with Gasteiger partial charge in [-0.2, -0.15) is 0 Å². The summed E-state index contributed by atoms with van der Waals surface area (Å²) in [5.41, 5.74) is 5.14. The highest BCUT2D eigenvalue weighted by molar-refractivity contribution is 5.31. The summed E-state index contributed by atoms with van der Waals surface area (Å²) in [4.78, 5) is 0. The topological polar surface area (TPSA) is 32.3 Å². The van der Waals surface area contributed by atoms with Crippen LogP contribution < -0.4 is 5.32 Å². The average Bonchev–Trinajstić information content (AvgIpc) is 2.50. The predicted octanol–water partition coefficient (Wildman–Crippen LogP) is 3.56. The number of nitrogens with one attached hydrogen (secondary N) is 1. The Balaban J connectivity index is 2.02. The van der Waals surface area contributed by atoms with Crippen molar-refractivity contribution < 1.29 is 5.11 Å². The molecule has 0 saturated heterocycles. The molecule has 21 heavy (non-hydrogen) atoms. The van der Waals surface area contributed by atoms with Crippen LogP contribution in [0.1, 0.15) is 35.2 Å². The number of rotatable bonds is 6. The zero-order chi connectivity index (χ0) is 15.2. The molecule has 0 fully saturated rings. The molecule has 0 aliphatic carbocycles. The van der Waals surface area contributed by atoms with Crippen LogP contribution in [0.5, 0.6) is 0 Å². The average molecular weight is 283 g/mol. The Labute approximate surface area is 127 Å². The summed E-state index contributed by atoms with van der Waals surface area (Å²) in [6.07, 6.45) is 0.840. The second kappa shape index (κ2) is 7.39. The molecule has 2 nitrogen and oxygen atoms in total. The summed E-state index contributed by atoms with van der Waals surface area (Å²) >= 11 is 0. The lowest BCUT2D eigenvalue weighted by Gasteiger charge is -2.23. The van der Waals surface area contributed by atoms with Crippen molar-refractivity contribution in [1.29, 1.82) is 0 Å². The standard InChI is InChI=1S/C19H25NO/c1-14-9-10-18(11-15(14)2)16(3)20-19(13-21)12-17-7-5-4-6-8-17/h4-11,16,19-21H,12-13H2,1-3H3/t16?,19-/m1/s1. The SMILES string of the molecule is Cc1ccc(C(C)N[C@@H](CO)Cc2ccccc2)cc1C. The molecule has 2 atom stereocenters. The monoisotopic (exact) mass is 283 g/mol. The van der Waals surface area contributed by atoms with E-state index in [1.165, 1.54) is 22.3 Å². The van der Waals surface area contributed by atoms with Crippen LogP contribution in [0.4, 0.5) is 0 Å². The van der Waals surface area contributed by atoms with Gasteiger partial charge in [-0.05, 0) is 49.4 Å². The molecule has 2 N–H and O–H groups in total. The molecule has 1 unspecified atom stereocenters. The Morgan fingerprint density at radius 1 is 1.00 bits per heavy atom. The second-order valence-corrected chi connectivity index (χ2v) is 5.80. The quantitative estimate of drug-likeness (QED) is 0.849. The Morgan fingerprint density at radius 3 is 2.33 bits per heavy atom. The van der Waals surface area contributed by atoms with Gasteiger partial charge in [-0.15, -0.1) is 0 Å². The Bertz CT molecular complexity index is 565. The number of aliphatic hydroxyl groups excluding tert-OH is 1. The summed E-state index contributed by atoms with van der Waals surface area (Å²) in [5.74, 6) is 0. The van der Waals surface area contributed by atoms with Crippen molar-refractivity contribution in [3.05, 3.63) is 70.8 Å². The van der Waals surface area contributed by atoms with E-state index in [4.69, 9.17) is 0 Å². The fourth-order valence-electron chi connectivity index (χ4n) is 2.56. The Hall–Kier alpha value is -1.64. The van der Waals surface area contributed by atoms with E-state index in [1.807, 2.05) is 18.2 Å². The third kappa shape index (κ3) is 4.42. The van der Waals surface area contributed by atoms with Crippen LogP contribution in [0.25, 0.3) is 0 Å². The molecule has 2 heteroatoms. The number of hydrogen-bond donors (Lipinski definition) is 2. The predicted molar refractivity (Wildman–Crippen MR) is 88.5 cm³/mol. The summed E-state index contributed by atoms with van der Waals surface area (Å²) < 4.78 is 0. The van der Waals surface area contributed by atoms with Gasteiger partial charge in [0.15, 0.2) is 0 Å². The van der Waals surface area contributed by atoms with Gasteiger partial charge in [0, 0.05) is 12.1 Å². The molecule has 0 radical (unpaired) electrons. The van der Waals surface area contributed by atoms with Crippen molar-refractivity contribution >= 4 is 0 Å². The van der Waals surface area contributed by atoms with E-state index in [9.17, 15) is 5.11 Å². The van der Waals surface area contributed by atoms with Crippen molar-refractivity contribution in [2.75, 3.05) is 6.61 Å². The van der Waals surface area contributed by atoms with Gasteiger partial charge >= 0.3 is 0 Å². The van der Waals surface area contributed by atoms with E-state index < -0.39 is 0 Å². The summed E-state index contributed by atoms with van der Waals surface area (Å²) in [7, 11) is 0. The molecule has 0 amide bonds. The summed E-state index contributed by atoms with van der Waals surface area (Å²) in [6, 6.07) is 17.1. The molecule has 0 aliphatic heterocycles. The number of aliphatic hydroxyl groups is 1. The van der Waals surface area contributed by atoms with Crippen molar-refractivity contribution in [1.82, 2.24) is 5.32 Å². The Kier molecular flexibility index (Phi) is 5.54.